The third-order valence-electron chi connectivity index (χ3n) is 2.35. The molecule has 1 aromatic carbocycles. The van der Waals surface area contributed by atoms with Crippen LogP contribution in [0.15, 0.2) is 23.1 Å². The minimum atomic E-state index is -4.20. The summed E-state index contributed by atoms with van der Waals surface area (Å²) in [5.41, 5.74) is 0.0894. The number of carbonyl (C=O) groups is 1. The first-order chi connectivity index (χ1) is 8.27. The largest absolute Gasteiger partial charge is 0.342 e. The highest BCUT2D eigenvalue weighted by Gasteiger charge is 2.20. The van der Waals surface area contributed by atoms with E-state index in [0.29, 0.717) is 6.54 Å². The summed E-state index contributed by atoms with van der Waals surface area (Å²) in [7, 11) is 2.47. The van der Waals surface area contributed by atoms with Crippen molar-refractivity contribution in [3.05, 3.63) is 29.6 Å². The molecule has 0 saturated heterocycles. The first-order valence-electron chi connectivity index (χ1n) is 5.27. The summed E-state index contributed by atoms with van der Waals surface area (Å²) >= 11 is 0. The fourth-order valence-electron chi connectivity index (χ4n) is 1.48. The molecule has 1 amide bonds. The summed E-state index contributed by atoms with van der Waals surface area (Å²) in [6.07, 6.45) is 0.768. The van der Waals surface area contributed by atoms with Crippen LogP contribution in [-0.4, -0.2) is 32.8 Å². The van der Waals surface area contributed by atoms with E-state index in [9.17, 15) is 17.6 Å². The summed E-state index contributed by atoms with van der Waals surface area (Å²) in [4.78, 5) is 12.6. The van der Waals surface area contributed by atoms with Gasteiger partial charge >= 0.3 is 0 Å². The predicted octanol–water partition coefficient (Wildman–Crippen LogP) is 2.24. The third kappa shape index (κ3) is 3.43. The van der Waals surface area contributed by atoms with Crippen LogP contribution < -0.4 is 0 Å². The van der Waals surface area contributed by atoms with Crippen molar-refractivity contribution in [1.29, 1.82) is 0 Å². The zero-order valence-electron chi connectivity index (χ0n) is 9.98. The van der Waals surface area contributed by atoms with Crippen molar-refractivity contribution >= 4 is 25.6 Å². The molecular formula is C11H13ClFNO3S. The fraction of sp³-hybridized carbons (Fsp3) is 0.364. The molecule has 0 fully saturated rings. The van der Waals surface area contributed by atoms with Crippen molar-refractivity contribution in [2.24, 2.45) is 0 Å². The summed E-state index contributed by atoms with van der Waals surface area (Å²) < 4.78 is 35.5. The lowest BCUT2D eigenvalue weighted by atomic mass is 10.2. The Hall–Kier alpha value is -1.14. The number of hydrogen-bond donors (Lipinski definition) is 0. The van der Waals surface area contributed by atoms with Gasteiger partial charge in [0.15, 0.2) is 0 Å². The van der Waals surface area contributed by atoms with Gasteiger partial charge in [-0.15, -0.1) is 0 Å². The van der Waals surface area contributed by atoms with Crippen molar-refractivity contribution in [2.75, 3.05) is 13.6 Å². The van der Waals surface area contributed by atoms with Crippen LogP contribution in [0.5, 0.6) is 0 Å². The molecule has 1 aromatic rings. The number of carbonyl (C=O) groups excluding carboxylic acids is 1. The van der Waals surface area contributed by atoms with E-state index in [1.165, 1.54) is 11.0 Å². The topological polar surface area (TPSA) is 54.5 Å². The van der Waals surface area contributed by atoms with E-state index >= 15 is 0 Å². The van der Waals surface area contributed by atoms with E-state index in [0.717, 1.165) is 18.6 Å². The number of amides is 1. The smallest absolute Gasteiger partial charge is 0.264 e. The van der Waals surface area contributed by atoms with Crippen LogP contribution in [0.4, 0.5) is 4.39 Å². The third-order valence-corrected chi connectivity index (χ3v) is 3.68. The van der Waals surface area contributed by atoms with E-state index < -0.39 is 19.8 Å². The van der Waals surface area contributed by atoms with Gasteiger partial charge in [0.05, 0.1) is 0 Å². The van der Waals surface area contributed by atoms with Crippen LogP contribution in [0, 0.1) is 5.82 Å². The molecule has 0 aromatic heterocycles. The molecule has 0 N–H and O–H groups in total. The van der Waals surface area contributed by atoms with E-state index in [-0.39, 0.29) is 11.5 Å². The lowest BCUT2D eigenvalue weighted by molar-refractivity contribution is 0.0795. The highest BCUT2D eigenvalue weighted by Crippen LogP contribution is 2.21. The van der Waals surface area contributed by atoms with Gasteiger partial charge in [-0.25, -0.2) is 12.8 Å². The molecule has 1 rings (SSSR count). The number of nitrogens with zero attached hydrogens (tertiary/aromatic N) is 1. The Kier molecular flexibility index (Phi) is 4.70. The number of benzene rings is 1. The van der Waals surface area contributed by atoms with Gasteiger partial charge in [0.25, 0.3) is 15.0 Å². The molecule has 0 radical (unpaired) electrons. The molecule has 0 unspecified atom stereocenters. The van der Waals surface area contributed by atoms with Crippen molar-refractivity contribution in [3.63, 3.8) is 0 Å². The van der Waals surface area contributed by atoms with E-state index in [4.69, 9.17) is 10.7 Å². The molecule has 0 saturated carbocycles. The molecule has 0 heterocycles. The molecule has 0 aliphatic carbocycles. The zero-order valence-corrected chi connectivity index (χ0v) is 11.6. The summed E-state index contributed by atoms with van der Waals surface area (Å²) in [5, 5.41) is 0. The summed E-state index contributed by atoms with van der Waals surface area (Å²) in [6, 6.07) is 3.10. The normalized spacial score (nSPS) is 11.3. The number of rotatable bonds is 4. The summed E-state index contributed by atoms with van der Waals surface area (Å²) in [5.74, 6) is -1.35. The van der Waals surface area contributed by atoms with Gasteiger partial charge in [-0.3, -0.25) is 4.79 Å². The molecule has 4 nitrogen and oxygen atoms in total. The average molecular weight is 294 g/mol. The van der Waals surface area contributed by atoms with Gasteiger partial charge < -0.3 is 4.90 Å². The quantitative estimate of drug-likeness (QED) is 0.800. The average Bonchev–Trinajstić information content (AvgIpc) is 2.27. The molecule has 0 spiro atoms. The Bertz CT molecular complexity index is 559. The van der Waals surface area contributed by atoms with Crippen molar-refractivity contribution in [3.8, 4) is 0 Å². The molecule has 7 heteroatoms. The molecule has 0 aliphatic rings. The standard InChI is InChI=1S/C11H13ClFNO3S/c1-3-6-14(2)11(15)8-4-5-9(13)10(7-8)18(12,16)17/h4-5,7H,3,6H2,1-2H3. The van der Waals surface area contributed by atoms with Crippen LogP contribution in [0.1, 0.15) is 23.7 Å². The molecule has 100 valence electrons. The second-order valence-electron chi connectivity index (χ2n) is 3.81. The maximum absolute atomic E-state index is 13.3. The monoisotopic (exact) mass is 293 g/mol. The maximum atomic E-state index is 13.3. The Morgan fingerprint density at radius 2 is 2.06 bits per heavy atom. The van der Waals surface area contributed by atoms with Crippen molar-refractivity contribution in [1.82, 2.24) is 4.90 Å². The van der Waals surface area contributed by atoms with Crippen LogP contribution in [0.25, 0.3) is 0 Å². The van der Waals surface area contributed by atoms with Gasteiger partial charge in [-0.2, -0.15) is 0 Å². The summed E-state index contributed by atoms with van der Waals surface area (Å²) in [6.45, 7) is 2.43. The Morgan fingerprint density at radius 1 is 1.44 bits per heavy atom. The molecule has 0 atom stereocenters. The predicted molar refractivity (Wildman–Crippen MR) is 66.7 cm³/mol. The highest BCUT2D eigenvalue weighted by molar-refractivity contribution is 8.13. The minimum Gasteiger partial charge on any atom is -0.342 e. The van der Waals surface area contributed by atoms with E-state index in [1.807, 2.05) is 6.92 Å². The van der Waals surface area contributed by atoms with Crippen molar-refractivity contribution < 1.29 is 17.6 Å². The van der Waals surface area contributed by atoms with Gasteiger partial charge in [0.2, 0.25) is 0 Å². The van der Waals surface area contributed by atoms with Gasteiger partial charge in [0.1, 0.15) is 10.7 Å². The van der Waals surface area contributed by atoms with Gasteiger partial charge in [0, 0.05) is 29.8 Å². The second-order valence-corrected chi connectivity index (χ2v) is 6.34. The van der Waals surface area contributed by atoms with Crippen molar-refractivity contribution in [2.45, 2.75) is 18.2 Å². The maximum Gasteiger partial charge on any atom is 0.264 e. The van der Waals surface area contributed by atoms with E-state index in [1.54, 1.807) is 7.05 Å². The number of hydrogen-bond acceptors (Lipinski definition) is 3. The first kappa shape index (κ1) is 14.9. The molecule has 18 heavy (non-hydrogen) atoms. The molecular weight excluding hydrogens is 281 g/mol. The van der Waals surface area contributed by atoms with Crippen LogP contribution in [0.3, 0.4) is 0 Å². The first-order valence-corrected chi connectivity index (χ1v) is 7.58. The molecule has 0 bridgehead atoms. The molecule has 0 aliphatic heterocycles. The fourth-order valence-corrected chi connectivity index (χ4v) is 2.40. The van der Waals surface area contributed by atoms with Crippen LogP contribution in [0.2, 0.25) is 0 Å². The van der Waals surface area contributed by atoms with Gasteiger partial charge in [-0.1, -0.05) is 6.92 Å². The van der Waals surface area contributed by atoms with Crippen LogP contribution >= 0.6 is 10.7 Å². The lowest BCUT2D eigenvalue weighted by Gasteiger charge is -2.16. The Morgan fingerprint density at radius 3 is 2.56 bits per heavy atom. The SMILES string of the molecule is CCCN(C)C(=O)c1ccc(F)c(S(=O)(=O)Cl)c1. The van der Waals surface area contributed by atoms with Gasteiger partial charge in [-0.05, 0) is 24.6 Å². The second kappa shape index (κ2) is 5.67. The minimum absolute atomic E-state index is 0.0894. The zero-order chi connectivity index (χ0) is 13.9. The Balaban J connectivity index is 3.17. The van der Waals surface area contributed by atoms with E-state index in [2.05, 4.69) is 0 Å². The van der Waals surface area contributed by atoms with Crippen LogP contribution in [-0.2, 0) is 9.05 Å². The lowest BCUT2D eigenvalue weighted by Crippen LogP contribution is -2.27. The highest BCUT2D eigenvalue weighted by atomic mass is 35.7. The number of halogens is 2. The Labute approximate surface area is 110 Å².